The van der Waals surface area contributed by atoms with Crippen LogP contribution >= 0.6 is 0 Å². The molecule has 0 amide bonds. The molecular formula is C22H27N5O. The van der Waals surface area contributed by atoms with Crippen LogP contribution < -0.4 is 9.91 Å². The summed E-state index contributed by atoms with van der Waals surface area (Å²) in [5.41, 5.74) is 3.23. The lowest BCUT2D eigenvalue weighted by Gasteiger charge is -2.28. The average Bonchev–Trinajstić information content (AvgIpc) is 3.57. The van der Waals surface area contributed by atoms with Crippen molar-refractivity contribution in [3.05, 3.63) is 60.1 Å². The Morgan fingerprint density at radius 3 is 2.71 bits per heavy atom. The van der Waals surface area contributed by atoms with Gasteiger partial charge in [-0.3, -0.25) is 0 Å². The number of benzene rings is 1. The zero-order valence-corrected chi connectivity index (χ0v) is 16.6. The van der Waals surface area contributed by atoms with E-state index in [9.17, 15) is 0 Å². The fourth-order valence-electron chi connectivity index (χ4n) is 3.31. The molecular weight excluding hydrogens is 350 g/mol. The molecule has 0 N–H and O–H groups in total. The van der Waals surface area contributed by atoms with Crippen LogP contribution in [0.3, 0.4) is 0 Å². The first-order chi connectivity index (χ1) is 13.6. The molecule has 0 atom stereocenters. The number of aryl methyl sites for hydroxylation is 1. The normalized spacial score (nSPS) is 17.5. The molecule has 28 heavy (non-hydrogen) atoms. The number of hydrogen-bond acceptors (Lipinski definition) is 6. The number of anilines is 2. The lowest BCUT2D eigenvalue weighted by molar-refractivity contribution is 0.122. The van der Waals surface area contributed by atoms with Crippen molar-refractivity contribution in [2.45, 2.75) is 32.6 Å². The third-order valence-electron chi connectivity index (χ3n) is 5.10. The first-order valence-electron chi connectivity index (χ1n) is 9.90. The van der Waals surface area contributed by atoms with Crippen molar-refractivity contribution in [2.75, 3.05) is 36.2 Å². The highest BCUT2D eigenvalue weighted by atomic mass is 16.5. The molecule has 0 bridgehead atoms. The van der Waals surface area contributed by atoms with E-state index in [1.165, 1.54) is 5.56 Å². The number of hydrazone groups is 1. The Hall–Kier alpha value is -2.73. The Morgan fingerprint density at radius 2 is 2.04 bits per heavy atom. The van der Waals surface area contributed by atoms with E-state index in [1.807, 2.05) is 19.1 Å². The highest BCUT2D eigenvalue weighted by Gasteiger charge is 2.29. The van der Waals surface area contributed by atoms with Gasteiger partial charge in [0.05, 0.1) is 18.9 Å². The molecule has 6 heteroatoms. The van der Waals surface area contributed by atoms with Gasteiger partial charge in [-0.05, 0) is 32.3 Å². The zero-order chi connectivity index (χ0) is 19.5. The summed E-state index contributed by atoms with van der Waals surface area (Å²) < 4.78 is 5.49. The molecule has 0 unspecified atom stereocenters. The van der Waals surface area contributed by atoms with Gasteiger partial charge in [0.25, 0.3) is 0 Å². The molecule has 1 saturated carbocycles. The van der Waals surface area contributed by atoms with E-state index in [0.717, 1.165) is 67.9 Å². The van der Waals surface area contributed by atoms with Crippen molar-refractivity contribution in [1.29, 1.82) is 0 Å². The summed E-state index contributed by atoms with van der Waals surface area (Å²) in [5, 5.41) is 6.54. The summed E-state index contributed by atoms with van der Waals surface area (Å²) >= 11 is 0. The molecule has 2 heterocycles. The van der Waals surface area contributed by atoms with E-state index in [0.29, 0.717) is 5.92 Å². The molecule has 1 aromatic heterocycles. The van der Waals surface area contributed by atoms with Crippen molar-refractivity contribution >= 4 is 17.3 Å². The standard InChI is InChI=1S/C22H27N5O/c1-4-27(25-17(3)19-7-5-6-16(2)14-19)21-15-20(26-10-12-28-13-11-26)23-22(24-21)18-8-9-18/h4-7,14-15,18H,1,8-13H2,2-3H3/b25-17+. The van der Waals surface area contributed by atoms with Gasteiger partial charge in [0.2, 0.25) is 0 Å². The molecule has 2 aliphatic rings. The third-order valence-corrected chi connectivity index (χ3v) is 5.10. The van der Waals surface area contributed by atoms with Gasteiger partial charge in [-0.1, -0.05) is 36.4 Å². The summed E-state index contributed by atoms with van der Waals surface area (Å²) in [7, 11) is 0. The fraction of sp³-hybridized carbons (Fsp3) is 0.409. The Kier molecular flexibility index (Phi) is 5.39. The minimum Gasteiger partial charge on any atom is -0.378 e. The maximum absolute atomic E-state index is 5.49. The maximum atomic E-state index is 5.49. The summed E-state index contributed by atoms with van der Waals surface area (Å²) in [6, 6.07) is 10.3. The van der Waals surface area contributed by atoms with E-state index < -0.39 is 0 Å². The van der Waals surface area contributed by atoms with Crippen LogP contribution in [0.25, 0.3) is 0 Å². The second-order valence-corrected chi connectivity index (χ2v) is 7.40. The first-order valence-corrected chi connectivity index (χ1v) is 9.90. The Morgan fingerprint density at radius 1 is 1.25 bits per heavy atom. The number of aromatic nitrogens is 2. The van der Waals surface area contributed by atoms with Crippen LogP contribution in [-0.2, 0) is 4.74 Å². The van der Waals surface area contributed by atoms with Crippen molar-refractivity contribution < 1.29 is 4.74 Å². The molecule has 146 valence electrons. The zero-order valence-electron chi connectivity index (χ0n) is 16.6. The van der Waals surface area contributed by atoms with Gasteiger partial charge in [-0.15, -0.1) is 0 Å². The van der Waals surface area contributed by atoms with Crippen molar-refractivity contribution in [3.63, 3.8) is 0 Å². The predicted octanol–water partition coefficient (Wildman–Crippen LogP) is 3.87. The number of hydrogen-bond donors (Lipinski definition) is 0. The minimum atomic E-state index is 0.466. The SMILES string of the molecule is C=CN(/N=C(\C)c1cccc(C)c1)c1cc(N2CCOCC2)nc(C2CC2)n1. The highest BCUT2D eigenvalue weighted by Crippen LogP contribution is 2.39. The molecule has 6 nitrogen and oxygen atoms in total. The number of rotatable bonds is 6. The van der Waals surface area contributed by atoms with Gasteiger partial charge in [-0.25, -0.2) is 15.0 Å². The minimum absolute atomic E-state index is 0.466. The number of morpholine rings is 1. The molecule has 1 aliphatic carbocycles. The van der Waals surface area contributed by atoms with Crippen molar-refractivity contribution in [2.24, 2.45) is 5.10 Å². The molecule has 0 spiro atoms. The smallest absolute Gasteiger partial charge is 0.159 e. The van der Waals surface area contributed by atoms with Crippen LogP contribution in [0.15, 0.2) is 48.2 Å². The quantitative estimate of drug-likeness (QED) is 0.565. The lowest BCUT2D eigenvalue weighted by atomic mass is 10.1. The van der Waals surface area contributed by atoms with E-state index in [1.54, 1.807) is 11.2 Å². The van der Waals surface area contributed by atoms with E-state index in [4.69, 9.17) is 19.8 Å². The van der Waals surface area contributed by atoms with Gasteiger partial charge in [0, 0.05) is 31.3 Å². The Labute approximate surface area is 166 Å². The van der Waals surface area contributed by atoms with Gasteiger partial charge >= 0.3 is 0 Å². The lowest BCUT2D eigenvalue weighted by Crippen LogP contribution is -2.37. The Balaban J connectivity index is 1.67. The van der Waals surface area contributed by atoms with Crippen molar-refractivity contribution in [3.8, 4) is 0 Å². The van der Waals surface area contributed by atoms with E-state index in [-0.39, 0.29) is 0 Å². The van der Waals surface area contributed by atoms with Crippen LogP contribution in [0.2, 0.25) is 0 Å². The highest BCUT2D eigenvalue weighted by molar-refractivity contribution is 5.99. The van der Waals surface area contributed by atoms with E-state index >= 15 is 0 Å². The predicted molar refractivity (Wildman–Crippen MR) is 113 cm³/mol. The summed E-state index contributed by atoms with van der Waals surface area (Å²) in [4.78, 5) is 11.9. The van der Waals surface area contributed by atoms with Gasteiger partial charge in [0.15, 0.2) is 5.82 Å². The average molecular weight is 377 g/mol. The van der Waals surface area contributed by atoms with Crippen LogP contribution in [0.4, 0.5) is 11.6 Å². The first kappa shape index (κ1) is 18.6. The van der Waals surface area contributed by atoms with Crippen molar-refractivity contribution in [1.82, 2.24) is 9.97 Å². The fourth-order valence-corrected chi connectivity index (χ4v) is 3.31. The van der Waals surface area contributed by atoms with Gasteiger partial charge in [0.1, 0.15) is 11.6 Å². The second kappa shape index (κ2) is 8.10. The van der Waals surface area contributed by atoms with Gasteiger partial charge in [-0.2, -0.15) is 5.10 Å². The van der Waals surface area contributed by atoms with Crippen LogP contribution in [0, 0.1) is 6.92 Å². The Bertz CT molecular complexity index is 884. The van der Waals surface area contributed by atoms with Crippen LogP contribution in [0.5, 0.6) is 0 Å². The topological polar surface area (TPSA) is 53.9 Å². The summed E-state index contributed by atoms with van der Waals surface area (Å²) in [5.74, 6) is 3.09. The molecule has 1 aliphatic heterocycles. The molecule has 4 rings (SSSR count). The molecule has 2 aromatic rings. The largest absolute Gasteiger partial charge is 0.378 e. The maximum Gasteiger partial charge on any atom is 0.159 e. The second-order valence-electron chi connectivity index (χ2n) is 7.40. The summed E-state index contributed by atoms with van der Waals surface area (Å²) in [6.45, 7) is 11.2. The van der Waals surface area contributed by atoms with Gasteiger partial charge < -0.3 is 9.64 Å². The number of nitrogens with zero attached hydrogens (tertiary/aromatic N) is 5. The molecule has 1 saturated heterocycles. The molecule has 2 fully saturated rings. The van der Waals surface area contributed by atoms with E-state index in [2.05, 4.69) is 36.6 Å². The monoisotopic (exact) mass is 377 g/mol. The van der Waals surface area contributed by atoms with Crippen LogP contribution in [0.1, 0.15) is 42.6 Å². The summed E-state index contributed by atoms with van der Waals surface area (Å²) in [6.07, 6.45) is 4.03. The molecule has 1 aromatic carbocycles. The van der Waals surface area contributed by atoms with Crippen LogP contribution in [-0.4, -0.2) is 42.0 Å². The molecule has 0 radical (unpaired) electrons. The third kappa shape index (κ3) is 4.22. The number of ether oxygens (including phenoxy) is 1.